The van der Waals surface area contributed by atoms with Crippen LogP contribution in [0, 0.1) is 0 Å². The predicted octanol–water partition coefficient (Wildman–Crippen LogP) is 5.55. The number of ether oxygens (including phenoxy) is 1. The first-order valence-electron chi connectivity index (χ1n) is 11.5. The summed E-state index contributed by atoms with van der Waals surface area (Å²) in [7, 11) is 1.36. The van der Waals surface area contributed by atoms with E-state index in [4.69, 9.17) is 21.3 Å². The first-order chi connectivity index (χ1) is 17.0. The topological polar surface area (TPSA) is 83.1 Å². The molecule has 4 aromatic rings. The van der Waals surface area contributed by atoms with Crippen molar-refractivity contribution in [2.45, 2.75) is 18.9 Å². The van der Waals surface area contributed by atoms with Crippen molar-refractivity contribution >= 4 is 45.7 Å². The summed E-state index contributed by atoms with van der Waals surface area (Å²) < 4.78 is 4.80. The molecule has 0 radical (unpaired) electrons. The van der Waals surface area contributed by atoms with Gasteiger partial charge in [-0.25, -0.2) is 14.8 Å². The monoisotopic (exact) mass is 487 g/mol. The van der Waals surface area contributed by atoms with Crippen LogP contribution in [-0.4, -0.2) is 47.2 Å². The largest absolute Gasteiger partial charge is 0.465 e. The van der Waals surface area contributed by atoms with Gasteiger partial charge in [0, 0.05) is 47.5 Å². The van der Waals surface area contributed by atoms with Gasteiger partial charge in [-0.2, -0.15) is 0 Å². The van der Waals surface area contributed by atoms with E-state index in [1.165, 1.54) is 7.11 Å². The number of methoxy groups -OCH3 is 1. The number of piperidine rings is 1. The first-order valence-corrected chi connectivity index (χ1v) is 11.9. The number of carbonyl (C=O) groups is 1. The Labute approximate surface area is 208 Å². The number of anilines is 2. The summed E-state index contributed by atoms with van der Waals surface area (Å²) in [6.45, 7) is 5.60. The van der Waals surface area contributed by atoms with Crippen LogP contribution in [0.3, 0.4) is 0 Å². The van der Waals surface area contributed by atoms with Crippen molar-refractivity contribution in [3.05, 3.63) is 78.1 Å². The van der Waals surface area contributed by atoms with E-state index in [1.807, 2.05) is 42.6 Å². The number of hydrogen-bond donors (Lipinski definition) is 2. The predicted molar refractivity (Wildman–Crippen MR) is 141 cm³/mol. The van der Waals surface area contributed by atoms with Crippen LogP contribution < -0.4 is 10.2 Å². The van der Waals surface area contributed by atoms with Crippen molar-refractivity contribution in [1.82, 2.24) is 15.0 Å². The van der Waals surface area contributed by atoms with Gasteiger partial charge in [-0.05, 0) is 36.6 Å². The van der Waals surface area contributed by atoms with Crippen LogP contribution in [-0.2, 0) is 9.53 Å². The molecule has 1 aliphatic heterocycles. The average molecular weight is 488 g/mol. The zero-order valence-electron chi connectivity index (χ0n) is 19.4. The molecule has 0 saturated carbocycles. The molecule has 5 rings (SSSR count). The summed E-state index contributed by atoms with van der Waals surface area (Å²) in [5.41, 5.74) is 4.90. The Kier molecular flexibility index (Phi) is 6.42. The van der Waals surface area contributed by atoms with Gasteiger partial charge in [0.1, 0.15) is 0 Å². The Bertz CT molecular complexity index is 1390. The molecule has 0 aliphatic carbocycles. The van der Waals surface area contributed by atoms with E-state index in [0.717, 1.165) is 53.6 Å². The third-order valence-electron chi connectivity index (χ3n) is 6.41. The van der Waals surface area contributed by atoms with Gasteiger partial charge in [-0.15, -0.1) is 0 Å². The molecule has 7 nitrogen and oxygen atoms in total. The number of hydrogen-bond acceptors (Lipinski definition) is 6. The summed E-state index contributed by atoms with van der Waals surface area (Å²) in [4.78, 5) is 26.6. The standard InChI is InChI=1S/C27H26ClN5O2/c1-17(26(34)35-2)18-6-5-7-20(14-18)33-12-10-19(11-13-33)31-27-30-16-23(28)25(32-27)22-15-29-24-9-4-3-8-21(22)24/h3-9,14-16,19,29H,1,10-13H2,2H3,(H,30,31,32). The Hall–Kier alpha value is -3.84. The maximum atomic E-state index is 11.8. The summed E-state index contributed by atoms with van der Waals surface area (Å²) in [5, 5.41) is 5.08. The molecule has 2 N–H and O–H groups in total. The fourth-order valence-electron chi connectivity index (χ4n) is 4.49. The molecule has 178 valence electrons. The number of aromatic nitrogens is 3. The number of nitrogens with one attached hydrogen (secondary N) is 2. The van der Waals surface area contributed by atoms with Crippen LogP contribution in [0.5, 0.6) is 0 Å². The smallest absolute Gasteiger partial charge is 0.337 e. The lowest BCUT2D eigenvalue weighted by atomic mass is 10.0. The molecule has 0 amide bonds. The van der Waals surface area contributed by atoms with Gasteiger partial charge in [0.15, 0.2) is 0 Å². The normalized spacial score (nSPS) is 14.2. The van der Waals surface area contributed by atoms with Gasteiger partial charge in [0.25, 0.3) is 0 Å². The van der Waals surface area contributed by atoms with E-state index in [1.54, 1.807) is 6.20 Å². The third-order valence-corrected chi connectivity index (χ3v) is 6.68. The molecular weight excluding hydrogens is 462 g/mol. The molecular formula is C27H26ClN5O2. The second-order valence-corrected chi connectivity index (χ2v) is 8.97. The zero-order valence-corrected chi connectivity index (χ0v) is 20.2. The molecule has 35 heavy (non-hydrogen) atoms. The van der Waals surface area contributed by atoms with E-state index in [-0.39, 0.29) is 6.04 Å². The SMILES string of the molecule is C=C(C(=O)OC)c1cccc(N2CCC(Nc3ncc(Cl)c(-c4c[nH]c5ccccc45)n3)CC2)c1. The fourth-order valence-corrected chi connectivity index (χ4v) is 4.68. The Morgan fingerprint density at radius 3 is 2.80 bits per heavy atom. The number of fused-ring (bicyclic) bond motifs is 1. The molecule has 0 spiro atoms. The summed E-state index contributed by atoms with van der Waals surface area (Å²) in [6, 6.07) is 16.2. The Morgan fingerprint density at radius 1 is 1.20 bits per heavy atom. The molecule has 0 unspecified atom stereocenters. The highest BCUT2D eigenvalue weighted by Gasteiger charge is 2.22. The average Bonchev–Trinajstić information content (AvgIpc) is 3.33. The van der Waals surface area contributed by atoms with E-state index < -0.39 is 5.97 Å². The van der Waals surface area contributed by atoms with Gasteiger partial charge in [0.2, 0.25) is 5.95 Å². The van der Waals surface area contributed by atoms with Crippen molar-refractivity contribution in [2.24, 2.45) is 0 Å². The number of H-pyrrole nitrogens is 1. The number of aromatic amines is 1. The molecule has 1 saturated heterocycles. The Morgan fingerprint density at radius 2 is 2.00 bits per heavy atom. The summed E-state index contributed by atoms with van der Waals surface area (Å²) in [5.74, 6) is 0.157. The van der Waals surface area contributed by atoms with Gasteiger partial charge in [0.05, 0.1) is 29.6 Å². The van der Waals surface area contributed by atoms with Crippen LogP contribution in [0.1, 0.15) is 18.4 Å². The van der Waals surface area contributed by atoms with E-state index in [0.29, 0.717) is 22.2 Å². The van der Waals surface area contributed by atoms with Crippen molar-refractivity contribution in [3.8, 4) is 11.3 Å². The van der Waals surface area contributed by atoms with Gasteiger partial charge in [-0.1, -0.05) is 48.5 Å². The lowest BCUT2D eigenvalue weighted by Gasteiger charge is -2.34. The number of halogens is 1. The minimum Gasteiger partial charge on any atom is -0.465 e. The lowest BCUT2D eigenvalue weighted by Crippen LogP contribution is -2.39. The molecule has 0 atom stereocenters. The van der Waals surface area contributed by atoms with Crippen LogP contribution in [0.25, 0.3) is 27.7 Å². The second kappa shape index (κ2) is 9.80. The molecule has 2 aromatic heterocycles. The molecule has 1 fully saturated rings. The number of benzene rings is 2. The summed E-state index contributed by atoms with van der Waals surface area (Å²) in [6.07, 6.45) is 5.44. The van der Waals surface area contributed by atoms with E-state index >= 15 is 0 Å². The molecule has 8 heteroatoms. The van der Waals surface area contributed by atoms with Crippen molar-refractivity contribution in [3.63, 3.8) is 0 Å². The van der Waals surface area contributed by atoms with Gasteiger partial charge in [-0.3, -0.25) is 0 Å². The third kappa shape index (κ3) is 4.72. The zero-order chi connectivity index (χ0) is 24.4. The van der Waals surface area contributed by atoms with Gasteiger partial charge < -0.3 is 19.9 Å². The minimum absolute atomic E-state index is 0.247. The van der Waals surface area contributed by atoms with Gasteiger partial charge >= 0.3 is 5.97 Å². The molecule has 3 heterocycles. The fraction of sp³-hybridized carbons (Fsp3) is 0.222. The van der Waals surface area contributed by atoms with Crippen molar-refractivity contribution < 1.29 is 9.53 Å². The van der Waals surface area contributed by atoms with Crippen LogP contribution in [0.4, 0.5) is 11.6 Å². The van der Waals surface area contributed by atoms with Crippen LogP contribution in [0.2, 0.25) is 5.02 Å². The first kappa shape index (κ1) is 22.9. The Balaban J connectivity index is 1.27. The minimum atomic E-state index is -0.417. The number of rotatable bonds is 6. The van der Waals surface area contributed by atoms with Crippen molar-refractivity contribution in [2.75, 3.05) is 30.4 Å². The maximum absolute atomic E-state index is 11.8. The highest BCUT2D eigenvalue weighted by Crippen LogP contribution is 2.32. The number of esters is 1. The highest BCUT2D eigenvalue weighted by atomic mass is 35.5. The van der Waals surface area contributed by atoms with Crippen LogP contribution in [0.15, 0.2) is 67.5 Å². The second-order valence-electron chi connectivity index (χ2n) is 8.56. The number of nitrogens with zero attached hydrogens (tertiary/aromatic N) is 3. The maximum Gasteiger partial charge on any atom is 0.337 e. The number of para-hydroxylation sites is 1. The number of carbonyl (C=O) groups excluding carboxylic acids is 1. The van der Waals surface area contributed by atoms with E-state index in [2.05, 4.69) is 38.9 Å². The van der Waals surface area contributed by atoms with Crippen molar-refractivity contribution in [1.29, 1.82) is 0 Å². The lowest BCUT2D eigenvalue weighted by molar-refractivity contribution is -0.133. The van der Waals surface area contributed by atoms with E-state index in [9.17, 15) is 4.79 Å². The molecule has 1 aliphatic rings. The molecule has 0 bridgehead atoms. The highest BCUT2D eigenvalue weighted by molar-refractivity contribution is 6.33. The quantitative estimate of drug-likeness (QED) is 0.274. The van der Waals surface area contributed by atoms with Crippen LogP contribution >= 0.6 is 11.6 Å². The molecule has 2 aromatic carbocycles. The summed E-state index contributed by atoms with van der Waals surface area (Å²) >= 11 is 6.47.